The molecule has 0 aromatic rings. The number of fused-ring (bicyclic) bond motifs is 2. The number of thioether (sulfide) groups is 2. The third-order valence-corrected chi connectivity index (χ3v) is 9.53. The number of amides is 4. The van der Waals surface area contributed by atoms with Crippen LogP contribution in [0, 0.1) is 0 Å². The van der Waals surface area contributed by atoms with Gasteiger partial charge < -0.3 is 30.7 Å². The molecule has 4 aliphatic heterocycles. The van der Waals surface area contributed by atoms with Gasteiger partial charge >= 0.3 is 30.2 Å². The topological polar surface area (TPSA) is 152 Å². The summed E-state index contributed by atoms with van der Waals surface area (Å²) in [5, 5.41) is 12.3. The first-order chi connectivity index (χ1) is 16.4. The molecule has 0 unspecified atom stereocenters. The fourth-order valence-corrected chi connectivity index (χ4v) is 7.91. The standard InChI is InChI=1S/C21H30N4O7S2/c26-15(7-3-1-5-13-17-11(9-33-13)22-19(28)24-17)31-21(30)32-16(27)8-4-2-6-14-18-12(10-34-14)23-20(29)25-18/h11-14,17-18H,1-10H2,(H2,22,24,28)(H2,23,25,29)/t11-,12-,13-,14-,17-,18-/m0/s1/i21+2. The third kappa shape index (κ3) is 6.49. The van der Waals surface area contributed by atoms with E-state index in [-0.39, 0.29) is 49.1 Å². The monoisotopic (exact) mass is 516 g/mol. The molecule has 4 rings (SSSR count). The van der Waals surface area contributed by atoms with E-state index >= 15 is 0 Å². The zero-order chi connectivity index (χ0) is 24.1. The van der Waals surface area contributed by atoms with Crippen molar-refractivity contribution in [3.63, 3.8) is 0 Å². The van der Waals surface area contributed by atoms with Gasteiger partial charge in [-0.05, 0) is 25.7 Å². The van der Waals surface area contributed by atoms with Gasteiger partial charge in [-0.2, -0.15) is 23.5 Å². The normalized spacial score (nSPS) is 31.1. The Kier molecular flexibility index (Phi) is 8.46. The molecule has 0 aromatic heterocycles. The highest BCUT2D eigenvalue weighted by Gasteiger charge is 2.43. The molecule has 4 amide bonds. The summed E-state index contributed by atoms with van der Waals surface area (Å²) in [6, 6.07) is 0.334. The van der Waals surface area contributed by atoms with Crippen LogP contribution in [0.2, 0.25) is 0 Å². The lowest BCUT2D eigenvalue weighted by atomic mass is 10.0. The Hall–Kier alpha value is -2.15. The number of hydrogen-bond donors (Lipinski definition) is 4. The van der Waals surface area contributed by atoms with Crippen molar-refractivity contribution in [2.45, 2.75) is 86.0 Å². The summed E-state index contributed by atoms with van der Waals surface area (Å²) in [4.78, 5) is 58.1. The lowest BCUT2D eigenvalue weighted by Crippen LogP contribution is -2.36. The van der Waals surface area contributed by atoms with Gasteiger partial charge in [0.25, 0.3) is 0 Å². The van der Waals surface area contributed by atoms with Crippen LogP contribution < -0.4 is 21.3 Å². The first-order valence-corrected chi connectivity index (χ1v) is 13.8. The van der Waals surface area contributed by atoms with E-state index < -0.39 is 18.1 Å². The third-order valence-electron chi connectivity index (χ3n) is 6.51. The van der Waals surface area contributed by atoms with E-state index in [1.807, 2.05) is 0 Å². The van der Waals surface area contributed by atoms with Crippen molar-refractivity contribution in [3.05, 3.63) is 0 Å². The van der Waals surface area contributed by atoms with Gasteiger partial charge in [-0.25, -0.2) is 14.4 Å². The van der Waals surface area contributed by atoms with Gasteiger partial charge in [-0.3, -0.25) is 9.59 Å². The largest absolute Gasteiger partial charge is 0.524 e. The van der Waals surface area contributed by atoms with Crippen molar-refractivity contribution in [1.29, 1.82) is 0 Å². The van der Waals surface area contributed by atoms with Crippen LogP contribution in [-0.2, 0) is 19.1 Å². The quantitative estimate of drug-likeness (QED) is 0.147. The summed E-state index contributed by atoms with van der Waals surface area (Å²) in [5.41, 5.74) is 0. The number of carbonyl (C=O) groups is 5. The van der Waals surface area contributed by atoms with Gasteiger partial charge in [0.05, 0.1) is 24.2 Å². The predicted octanol–water partition coefficient (Wildman–Crippen LogP) is 1.64. The van der Waals surface area contributed by atoms with Crippen molar-refractivity contribution in [3.8, 4) is 0 Å². The predicted molar refractivity (Wildman–Crippen MR) is 125 cm³/mol. The number of hydrogen-bond acceptors (Lipinski definition) is 9. The highest BCUT2D eigenvalue weighted by Crippen LogP contribution is 2.34. The Bertz CT molecular complexity index is 765. The highest BCUT2D eigenvalue weighted by atomic mass is 32.2. The molecule has 4 N–H and O–H groups in total. The number of esters is 2. The van der Waals surface area contributed by atoms with Crippen molar-refractivity contribution < 1.29 is 33.4 Å². The van der Waals surface area contributed by atoms with E-state index in [1.165, 1.54) is 0 Å². The van der Waals surface area contributed by atoms with Gasteiger partial charge in [0, 0.05) is 34.8 Å². The van der Waals surface area contributed by atoms with Crippen molar-refractivity contribution in [2.24, 2.45) is 0 Å². The van der Waals surface area contributed by atoms with Crippen molar-refractivity contribution in [2.75, 3.05) is 11.5 Å². The Balaban J connectivity index is 1.02. The Labute approximate surface area is 205 Å². The van der Waals surface area contributed by atoms with Crippen LogP contribution >= 0.6 is 23.5 Å². The molecular weight excluding hydrogens is 486 g/mol. The number of carbonyl (C=O) groups excluding carboxylic acids is 5. The molecule has 0 aromatic carbocycles. The number of ether oxygens (including phenoxy) is 2. The Morgan fingerprint density at radius 3 is 1.65 bits per heavy atom. The molecule has 4 fully saturated rings. The van der Waals surface area contributed by atoms with Crippen LogP contribution in [0.5, 0.6) is 0 Å². The summed E-state index contributed by atoms with van der Waals surface area (Å²) in [6.45, 7) is 0. The Morgan fingerprint density at radius 1 is 0.765 bits per heavy atom. The first-order valence-electron chi connectivity index (χ1n) is 11.7. The molecule has 4 saturated heterocycles. The maximum absolute atomic E-state index is 11.8. The van der Waals surface area contributed by atoms with Gasteiger partial charge in [0.15, 0.2) is 0 Å². The van der Waals surface area contributed by atoms with E-state index in [9.17, 15) is 24.0 Å². The van der Waals surface area contributed by atoms with Crippen LogP contribution in [-0.4, -0.2) is 76.3 Å². The van der Waals surface area contributed by atoms with E-state index in [1.54, 1.807) is 23.5 Å². The number of rotatable bonds is 10. The molecule has 0 spiro atoms. The van der Waals surface area contributed by atoms with Gasteiger partial charge in [-0.1, -0.05) is 12.8 Å². The molecule has 0 radical (unpaired) electrons. The average Bonchev–Trinajstić information content (AvgIpc) is 3.51. The molecule has 4 aliphatic rings. The van der Waals surface area contributed by atoms with Crippen LogP contribution in [0.1, 0.15) is 51.4 Å². The maximum atomic E-state index is 11.8. The minimum Gasteiger partial charge on any atom is -0.360 e. The smallest absolute Gasteiger partial charge is 0.360 e. The van der Waals surface area contributed by atoms with E-state index in [0.29, 0.717) is 23.3 Å². The maximum Gasteiger partial charge on any atom is 0.524 e. The van der Waals surface area contributed by atoms with Gasteiger partial charge in [0.2, 0.25) is 0 Å². The van der Waals surface area contributed by atoms with Gasteiger partial charge in [-0.15, -0.1) is 0 Å². The summed E-state index contributed by atoms with van der Waals surface area (Å²) in [7, 11) is 0. The number of unbranched alkanes of at least 4 members (excludes halogenated alkanes) is 2. The summed E-state index contributed by atoms with van der Waals surface area (Å²) >= 11 is 3.61. The average molecular weight is 517 g/mol. The zero-order valence-corrected chi connectivity index (χ0v) is 20.3. The lowest BCUT2D eigenvalue weighted by molar-refractivity contribution is -0.146. The first kappa shape index (κ1) is 25.0. The molecule has 6 atom stereocenters. The SMILES string of the molecule is O=C1N[C@H]2[C@H](CS[C@H]2CCCCC(=O)O[14C](=O)OC(=O)CCCC[C@@H]2SC[C@@H]3NC(=O)N[C@@H]32)N1. The zero-order valence-electron chi connectivity index (χ0n) is 18.7. The molecule has 11 nitrogen and oxygen atoms in total. The fraction of sp³-hybridized carbons (Fsp3) is 0.762. The second-order valence-electron chi connectivity index (χ2n) is 8.93. The van der Waals surface area contributed by atoms with Crippen LogP contribution in [0.15, 0.2) is 0 Å². The summed E-state index contributed by atoms with van der Waals surface area (Å²) in [6.07, 6.45) is 3.18. The molecule has 0 aliphatic carbocycles. The fourth-order valence-electron chi connectivity index (χ4n) is 4.82. The summed E-state index contributed by atoms with van der Waals surface area (Å²) in [5.74, 6) is 0.328. The van der Waals surface area contributed by atoms with E-state index in [4.69, 9.17) is 0 Å². The second-order valence-corrected chi connectivity index (χ2v) is 11.5. The van der Waals surface area contributed by atoms with Crippen molar-refractivity contribution in [1.82, 2.24) is 21.3 Å². The molecule has 4 heterocycles. The van der Waals surface area contributed by atoms with Crippen molar-refractivity contribution >= 4 is 53.7 Å². The minimum absolute atomic E-state index is 0.0615. The molecule has 13 heteroatoms. The molecule has 0 bridgehead atoms. The molecule has 188 valence electrons. The number of nitrogens with one attached hydrogen (secondary N) is 4. The lowest BCUT2D eigenvalue weighted by Gasteiger charge is -2.16. The second kappa shape index (κ2) is 11.5. The Morgan fingerprint density at radius 2 is 1.21 bits per heavy atom. The van der Waals surface area contributed by atoms with E-state index in [2.05, 4.69) is 30.7 Å². The summed E-state index contributed by atoms with van der Waals surface area (Å²) < 4.78 is 9.16. The van der Waals surface area contributed by atoms with Crippen LogP contribution in [0.25, 0.3) is 0 Å². The highest BCUT2D eigenvalue weighted by molar-refractivity contribution is 8.00. The molecule has 0 saturated carbocycles. The minimum atomic E-state index is -1.28. The number of urea groups is 2. The van der Waals surface area contributed by atoms with E-state index in [0.717, 1.165) is 37.2 Å². The van der Waals surface area contributed by atoms with Gasteiger partial charge in [0.1, 0.15) is 0 Å². The molecule has 34 heavy (non-hydrogen) atoms. The van der Waals surface area contributed by atoms with Crippen LogP contribution in [0.4, 0.5) is 14.4 Å². The van der Waals surface area contributed by atoms with Crippen LogP contribution in [0.3, 0.4) is 0 Å². The molecular formula is C21H30N4O7S2.